The summed E-state index contributed by atoms with van der Waals surface area (Å²) in [4.78, 5) is 10.4. The van der Waals surface area contributed by atoms with Crippen LogP contribution in [0.5, 0.6) is 0 Å². The second-order valence-corrected chi connectivity index (χ2v) is 1.91. The van der Waals surface area contributed by atoms with Crippen LogP contribution in [0.25, 0.3) is 0 Å². The Morgan fingerprint density at radius 2 is 2.30 bits per heavy atom. The summed E-state index contributed by atoms with van der Waals surface area (Å²) in [6, 6.07) is 0. The van der Waals surface area contributed by atoms with Crippen molar-refractivity contribution < 1.29 is 9.53 Å². The van der Waals surface area contributed by atoms with E-state index in [2.05, 4.69) is 6.58 Å². The highest BCUT2D eigenvalue weighted by Gasteiger charge is 1.99. The molecule has 0 aromatic heterocycles. The van der Waals surface area contributed by atoms with Crippen LogP contribution >= 0.6 is 0 Å². The van der Waals surface area contributed by atoms with Crippen LogP contribution < -0.4 is 5.73 Å². The Morgan fingerprint density at radius 3 is 2.70 bits per heavy atom. The molecular weight excluding hydrogens is 130 g/mol. The smallest absolute Gasteiger partial charge is 0.244 e. The fraction of sp³-hybridized carbons (Fsp3) is 0.571. The van der Waals surface area contributed by atoms with E-state index in [0.29, 0.717) is 25.2 Å². The molecule has 0 saturated carbocycles. The molecule has 0 aromatic rings. The number of carbonyl (C=O) groups excluding carboxylic acids is 1. The normalized spacial score (nSPS) is 9.30. The van der Waals surface area contributed by atoms with Gasteiger partial charge in [-0.1, -0.05) is 6.58 Å². The molecule has 0 aliphatic heterocycles. The van der Waals surface area contributed by atoms with Crippen LogP contribution in [-0.2, 0) is 9.53 Å². The second kappa shape index (κ2) is 4.99. The predicted molar refractivity (Wildman–Crippen MR) is 39.4 cm³/mol. The Bertz CT molecular complexity index is 132. The first kappa shape index (κ1) is 9.17. The van der Waals surface area contributed by atoms with Crippen molar-refractivity contribution in [2.24, 2.45) is 5.73 Å². The summed E-state index contributed by atoms with van der Waals surface area (Å²) in [5.74, 6) is -0.445. The summed E-state index contributed by atoms with van der Waals surface area (Å²) in [7, 11) is 0. The molecule has 0 heterocycles. The summed E-state index contributed by atoms with van der Waals surface area (Å²) in [5, 5.41) is 0. The number of ether oxygens (including phenoxy) is 1. The summed E-state index contributed by atoms with van der Waals surface area (Å²) in [6.45, 7) is 6.55. The van der Waals surface area contributed by atoms with Crippen LogP contribution in [-0.4, -0.2) is 19.1 Å². The maximum Gasteiger partial charge on any atom is 0.244 e. The van der Waals surface area contributed by atoms with E-state index >= 15 is 0 Å². The van der Waals surface area contributed by atoms with E-state index in [-0.39, 0.29) is 0 Å². The molecule has 0 bridgehead atoms. The number of amides is 1. The number of nitrogens with two attached hydrogens (primary N) is 1. The van der Waals surface area contributed by atoms with Gasteiger partial charge in [0.05, 0.1) is 6.61 Å². The molecule has 0 atom stereocenters. The van der Waals surface area contributed by atoms with E-state index in [0.717, 1.165) is 0 Å². The van der Waals surface area contributed by atoms with Crippen molar-refractivity contribution in [3.8, 4) is 0 Å². The maximum atomic E-state index is 10.4. The Labute approximate surface area is 60.9 Å². The highest BCUT2D eigenvalue weighted by molar-refractivity contribution is 5.91. The minimum absolute atomic E-state index is 0.424. The zero-order valence-corrected chi connectivity index (χ0v) is 6.22. The fourth-order valence-corrected chi connectivity index (χ4v) is 0.463. The largest absolute Gasteiger partial charge is 0.381 e. The minimum atomic E-state index is -0.445. The predicted octanol–water partition coefficient (Wildman–Crippen LogP) is 0.455. The minimum Gasteiger partial charge on any atom is -0.381 e. The Morgan fingerprint density at radius 1 is 1.70 bits per heavy atom. The van der Waals surface area contributed by atoms with Crippen molar-refractivity contribution in [2.45, 2.75) is 13.3 Å². The molecule has 10 heavy (non-hydrogen) atoms. The van der Waals surface area contributed by atoms with Gasteiger partial charge in [0, 0.05) is 18.6 Å². The molecule has 0 rings (SSSR count). The number of hydrogen-bond donors (Lipinski definition) is 1. The molecule has 58 valence electrons. The molecule has 3 nitrogen and oxygen atoms in total. The number of hydrogen-bond acceptors (Lipinski definition) is 2. The quantitative estimate of drug-likeness (QED) is 0.449. The highest BCUT2D eigenvalue weighted by Crippen LogP contribution is 1.95. The van der Waals surface area contributed by atoms with E-state index in [1.807, 2.05) is 6.92 Å². The van der Waals surface area contributed by atoms with Crippen molar-refractivity contribution in [3.63, 3.8) is 0 Å². The molecule has 0 aliphatic carbocycles. The summed E-state index contributed by atoms with van der Waals surface area (Å²) in [5.41, 5.74) is 5.35. The molecule has 2 N–H and O–H groups in total. The lowest BCUT2D eigenvalue weighted by Crippen LogP contribution is -2.14. The van der Waals surface area contributed by atoms with Gasteiger partial charge in [0.15, 0.2) is 0 Å². The van der Waals surface area contributed by atoms with Gasteiger partial charge in [-0.3, -0.25) is 4.79 Å². The first-order chi connectivity index (χ1) is 4.68. The standard InChI is InChI=1S/C7H13NO2/c1-3-10-5-4-6(2)7(8)9/h2-5H2,1H3,(H2,8,9). The van der Waals surface area contributed by atoms with E-state index in [1.165, 1.54) is 0 Å². The summed E-state index contributed by atoms with van der Waals surface area (Å²) in [6.07, 6.45) is 0.531. The summed E-state index contributed by atoms with van der Waals surface area (Å²) < 4.78 is 4.99. The third-order valence-corrected chi connectivity index (χ3v) is 1.10. The SMILES string of the molecule is C=C(CCOCC)C(N)=O. The van der Waals surface area contributed by atoms with Gasteiger partial charge >= 0.3 is 0 Å². The van der Waals surface area contributed by atoms with Crippen LogP contribution in [0, 0.1) is 0 Å². The molecule has 0 radical (unpaired) electrons. The highest BCUT2D eigenvalue weighted by atomic mass is 16.5. The van der Waals surface area contributed by atoms with Crippen LogP contribution in [0.1, 0.15) is 13.3 Å². The van der Waals surface area contributed by atoms with Crippen LogP contribution in [0.3, 0.4) is 0 Å². The lowest BCUT2D eigenvalue weighted by molar-refractivity contribution is -0.114. The van der Waals surface area contributed by atoms with E-state index in [9.17, 15) is 4.79 Å². The van der Waals surface area contributed by atoms with Gasteiger partial charge in [-0.25, -0.2) is 0 Å². The van der Waals surface area contributed by atoms with Gasteiger partial charge in [0.1, 0.15) is 0 Å². The van der Waals surface area contributed by atoms with E-state index in [4.69, 9.17) is 10.5 Å². The van der Waals surface area contributed by atoms with Gasteiger partial charge < -0.3 is 10.5 Å². The van der Waals surface area contributed by atoms with Gasteiger partial charge in [0.2, 0.25) is 5.91 Å². The van der Waals surface area contributed by atoms with Crippen molar-refractivity contribution >= 4 is 5.91 Å². The molecular formula is C7H13NO2. The third-order valence-electron chi connectivity index (χ3n) is 1.10. The molecule has 0 unspecified atom stereocenters. The maximum absolute atomic E-state index is 10.4. The van der Waals surface area contributed by atoms with Gasteiger partial charge in [-0.15, -0.1) is 0 Å². The van der Waals surface area contributed by atoms with Crippen LogP contribution in [0.4, 0.5) is 0 Å². The fourth-order valence-electron chi connectivity index (χ4n) is 0.463. The van der Waals surface area contributed by atoms with Crippen LogP contribution in [0.15, 0.2) is 12.2 Å². The monoisotopic (exact) mass is 143 g/mol. The number of carbonyl (C=O) groups is 1. The van der Waals surface area contributed by atoms with E-state index in [1.54, 1.807) is 0 Å². The molecule has 0 aliphatic rings. The van der Waals surface area contributed by atoms with Crippen LogP contribution in [0.2, 0.25) is 0 Å². The Kier molecular flexibility index (Phi) is 4.58. The van der Waals surface area contributed by atoms with E-state index < -0.39 is 5.91 Å². The van der Waals surface area contributed by atoms with Gasteiger partial charge in [-0.2, -0.15) is 0 Å². The van der Waals surface area contributed by atoms with Crippen molar-refractivity contribution in [3.05, 3.63) is 12.2 Å². The van der Waals surface area contributed by atoms with Gasteiger partial charge in [-0.05, 0) is 6.92 Å². The lowest BCUT2D eigenvalue weighted by Gasteiger charge is -2.00. The molecule has 0 fully saturated rings. The molecule has 0 spiro atoms. The average molecular weight is 143 g/mol. The number of rotatable bonds is 5. The number of primary amides is 1. The van der Waals surface area contributed by atoms with Gasteiger partial charge in [0.25, 0.3) is 0 Å². The topological polar surface area (TPSA) is 52.3 Å². The molecule has 0 saturated heterocycles. The third kappa shape index (κ3) is 4.09. The molecule has 0 aromatic carbocycles. The first-order valence-electron chi connectivity index (χ1n) is 3.23. The van der Waals surface area contributed by atoms with Crippen molar-refractivity contribution in [1.82, 2.24) is 0 Å². The molecule has 1 amide bonds. The second-order valence-electron chi connectivity index (χ2n) is 1.91. The zero-order chi connectivity index (χ0) is 7.98. The van der Waals surface area contributed by atoms with Crippen molar-refractivity contribution in [1.29, 1.82) is 0 Å². The average Bonchev–Trinajstić information content (AvgIpc) is 1.88. The lowest BCUT2D eigenvalue weighted by atomic mass is 10.2. The Balaban J connectivity index is 3.31. The summed E-state index contributed by atoms with van der Waals surface area (Å²) >= 11 is 0. The zero-order valence-electron chi connectivity index (χ0n) is 6.22. The van der Waals surface area contributed by atoms with Crippen molar-refractivity contribution in [2.75, 3.05) is 13.2 Å². The molecule has 3 heteroatoms. The Hall–Kier alpha value is -0.830. The first-order valence-corrected chi connectivity index (χ1v) is 3.23.